The molecule has 1 fully saturated rings. The Balaban J connectivity index is 2.15. The summed E-state index contributed by atoms with van der Waals surface area (Å²) in [4.78, 5) is 4.40. The van der Waals surface area contributed by atoms with Gasteiger partial charge in [-0.05, 0) is 25.3 Å². The zero-order chi connectivity index (χ0) is 11.5. The molecular formula is C11H15Cl2N3. The molecule has 1 aromatic rings. The highest BCUT2D eigenvalue weighted by molar-refractivity contribution is 6.37. The van der Waals surface area contributed by atoms with E-state index >= 15 is 0 Å². The van der Waals surface area contributed by atoms with Crippen molar-refractivity contribution in [1.82, 2.24) is 4.98 Å². The first-order valence-corrected chi connectivity index (χ1v) is 6.32. The lowest BCUT2D eigenvalue weighted by molar-refractivity contribution is 0.968. The largest absolute Gasteiger partial charge is 0.369 e. The van der Waals surface area contributed by atoms with Gasteiger partial charge in [-0.15, -0.1) is 0 Å². The molecule has 0 amide bonds. The fourth-order valence-corrected chi connectivity index (χ4v) is 1.84. The molecule has 1 aliphatic rings. The molecule has 2 N–H and O–H groups in total. The highest BCUT2D eigenvalue weighted by atomic mass is 35.5. The summed E-state index contributed by atoms with van der Waals surface area (Å²) < 4.78 is 0. The highest BCUT2D eigenvalue weighted by Gasteiger charge is 2.23. The first-order valence-electron chi connectivity index (χ1n) is 5.57. The smallest absolute Gasteiger partial charge is 0.147 e. The lowest BCUT2D eigenvalue weighted by atomic mass is 10.4. The molecule has 1 aromatic heterocycles. The maximum absolute atomic E-state index is 6.07. The molecule has 88 valence electrons. The highest BCUT2D eigenvalue weighted by Crippen LogP contribution is 2.32. The van der Waals surface area contributed by atoms with Crippen LogP contribution in [0.2, 0.25) is 10.0 Å². The Morgan fingerprint density at radius 1 is 1.31 bits per heavy atom. The molecule has 0 unspecified atom stereocenters. The number of hydrogen-bond acceptors (Lipinski definition) is 3. The summed E-state index contributed by atoms with van der Waals surface area (Å²) in [5.74, 6) is 1.43. The first kappa shape index (κ1) is 11.8. The molecule has 16 heavy (non-hydrogen) atoms. The summed E-state index contributed by atoms with van der Waals surface area (Å²) in [6.45, 7) is 2.96. The molecule has 1 aliphatic carbocycles. The Labute approximate surface area is 106 Å². The van der Waals surface area contributed by atoms with Gasteiger partial charge in [-0.3, -0.25) is 0 Å². The van der Waals surface area contributed by atoms with E-state index in [1.165, 1.54) is 12.8 Å². The monoisotopic (exact) mass is 259 g/mol. The summed E-state index contributed by atoms with van der Waals surface area (Å²) in [6.07, 6.45) is 3.42. The minimum Gasteiger partial charge on any atom is -0.369 e. The van der Waals surface area contributed by atoms with Crippen LogP contribution in [-0.4, -0.2) is 17.6 Å². The van der Waals surface area contributed by atoms with Crippen LogP contribution >= 0.6 is 23.2 Å². The third-order valence-electron chi connectivity index (χ3n) is 2.39. The van der Waals surface area contributed by atoms with Gasteiger partial charge in [-0.2, -0.15) is 0 Å². The lowest BCUT2D eigenvalue weighted by Crippen LogP contribution is -2.08. The molecule has 0 aromatic carbocycles. The van der Waals surface area contributed by atoms with Gasteiger partial charge in [0.2, 0.25) is 0 Å². The zero-order valence-electron chi connectivity index (χ0n) is 9.19. The molecule has 0 atom stereocenters. The quantitative estimate of drug-likeness (QED) is 0.845. The molecule has 1 saturated carbocycles. The van der Waals surface area contributed by atoms with Crippen LogP contribution in [0.3, 0.4) is 0 Å². The summed E-state index contributed by atoms with van der Waals surface area (Å²) in [5.41, 5.74) is 0. The summed E-state index contributed by atoms with van der Waals surface area (Å²) in [5, 5.41) is 7.62. The maximum Gasteiger partial charge on any atom is 0.147 e. The van der Waals surface area contributed by atoms with Gasteiger partial charge in [0.25, 0.3) is 0 Å². The van der Waals surface area contributed by atoms with E-state index in [4.69, 9.17) is 23.2 Å². The normalized spacial score (nSPS) is 14.9. The van der Waals surface area contributed by atoms with Crippen molar-refractivity contribution in [2.24, 2.45) is 0 Å². The number of anilines is 2. The van der Waals surface area contributed by atoms with E-state index in [1.54, 1.807) is 6.07 Å². The van der Waals surface area contributed by atoms with Crippen molar-refractivity contribution < 1.29 is 0 Å². The van der Waals surface area contributed by atoms with E-state index in [2.05, 4.69) is 22.5 Å². The molecule has 0 radical (unpaired) electrons. The van der Waals surface area contributed by atoms with E-state index in [0.717, 1.165) is 18.8 Å². The molecule has 0 spiro atoms. The standard InChI is InChI=1S/C11H15Cl2N3/c1-2-5-14-10-8(12)6-9(13)11(16-10)15-7-3-4-7/h6-7H,2-5H2,1H3,(H2,14,15,16). The van der Waals surface area contributed by atoms with Gasteiger partial charge in [0.05, 0.1) is 10.0 Å². The van der Waals surface area contributed by atoms with E-state index in [9.17, 15) is 0 Å². The summed E-state index contributed by atoms with van der Waals surface area (Å²) in [6, 6.07) is 2.27. The second-order valence-electron chi connectivity index (χ2n) is 3.99. The number of rotatable bonds is 5. The van der Waals surface area contributed by atoms with E-state index in [1.807, 2.05) is 0 Å². The van der Waals surface area contributed by atoms with Crippen LogP contribution in [0.4, 0.5) is 11.6 Å². The van der Waals surface area contributed by atoms with Crippen molar-refractivity contribution >= 4 is 34.8 Å². The first-order chi connectivity index (χ1) is 7.70. The molecule has 0 saturated heterocycles. The van der Waals surface area contributed by atoms with Crippen molar-refractivity contribution in [2.45, 2.75) is 32.2 Å². The van der Waals surface area contributed by atoms with E-state index in [-0.39, 0.29) is 0 Å². The molecule has 1 heterocycles. The Bertz CT molecular complexity index is 378. The average Bonchev–Trinajstić information content (AvgIpc) is 3.04. The van der Waals surface area contributed by atoms with Gasteiger partial charge in [-0.1, -0.05) is 30.1 Å². The zero-order valence-corrected chi connectivity index (χ0v) is 10.7. The van der Waals surface area contributed by atoms with Crippen LogP contribution in [0.25, 0.3) is 0 Å². The Morgan fingerprint density at radius 3 is 2.62 bits per heavy atom. The summed E-state index contributed by atoms with van der Waals surface area (Å²) >= 11 is 12.1. The maximum atomic E-state index is 6.07. The van der Waals surface area contributed by atoms with Gasteiger partial charge < -0.3 is 10.6 Å². The molecule has 3 nitrogen and oxygen atoms in total. The van der Waals surface area contributed by atoms with Gasteiger partial charge in [0.15, 0.2) is 0 Å². The lowest BCUT2D eigenvalue weighted by Gasteiger charge is -2.11. The number of aromatic nitrogens is 1. The third-order valence-corrected chi connectivity index (χ3v) is 2.97. The van der Waals surface area contributed by atoms with Crippen LogP contribution in [0, 0.1) is 0 Å². The molecule has 5 heteroatoms. The minimum atomic E-state index is 0.533. The minimum absolute atomic E-state index is 0.533. The number of pyridine rings is 1. The number of halogens is 2. The van der Waals surface area contributed by atoms with Crippen LogP contribution in [0.1, 0.15) is 26.2 Å². The molecule has 0 aliphatic heterocycles. The Morgan fingerprint density at radius 2 is 2.00 bits per heavy atom. The fraction of sp³-hybridized carbons (Fsp3) is 0.545. The Hall–Kier alpha value is -0.670. The van der Waals surface area contributed by atoms with Gasteiger partial charge >= 0.3 is 0 Å². The van der Waals surface area contributed by atoms with Crippen molar-refractivity contribution in [3.8, 4) is 0 Å². The SMILES string of the molecule is CCCNc1nc(NC2CC2)c(Cl)cc1Cl. The van der Waals surface area contributed by atoms with E-state index < -0.39 is 0 Å². The van der Waals surface area contributed by atoms with Gasteiger partial charge in [-0.25, -0.2) is 4.98 Å². The second-order valence-corrected chi connectivity index (χ2v) is 4.81. The van der Waals surface area contributed by atoms with Crippen molar-refractivity contribution in [3.63, 3.8) is 0 Å². The van der Waals surface area contributed by atoms with Crippen LogP contribution < -0.4 is 10.6 Å². The predicted octanol–water partition coefficient (Wildman–Crippen LogP) is 3.78. The van der Waals surface area contributed by atoms with Crippen LogP contribution in [0.5, 0.6) is 0 Å². The number of hydrogen-bond donors (Lipinski definition) is 2. The van der Waals surface area contributed by atoms with Gasteiger partial charge in [0, 0.05) is 12.6 Å². The van der Waals surface area contributed by atoms with Crippen molar-refractivity contribution in [2.75, 3.05) is 17.2 Å². The van der Waals surface area contributed by atoms with Crippen LogP contribution in [-0.2, 0) is 0 Å². The second kappa shape index (κ2) is 5.11. The van der Waals surface area contributed by atoms with Gasteiger partial charge in [0.1, 0.15) is 11.6 Å². The average molecular weight is 260 g/mol. The molecule has 2 rings (SSSR count). The van der Waals surface area contributed by atoms with E-state index in [0.29, 0.717) is 21.9 Å². The third kappa shape index (κ3) is 2.92. The molecule has 0 bridgehead atoms. The Kier molecular flexibility index (Phi) is 3.77. The van der Waals surface area contributed by atoms with Crippen LogP contribution in [0.15, 0.2) is 6.07 Å². The topological polar surface area (TPSA) is 37.0 Å². The predicted molar refractivity (Wildman–Crippen MR) is 69.7 cm³/mol. The number of nitrogens with one attached hydrogen (secondary N) is 2. The fourth-order valence-electron chi connectivity index (χ4n) is 1.36. The number of nitrogens with zero attached hydrogens (tertiary/aromatic N) is 1. The van der Waals surface area contributed by atoms with Crippen molar-refractivity contribution in [1.29, 1.82) is 0 Å². The molecular weight excluding hydrogens is 245 g/mol. The van der Waals surface area contributed by atoms with Crippen molar-refractivity contribution in [3.05, 3.63) is 16.1 Å². The summed E-state index contributed by atoms with van der Waals surface area (Å²) in [7, 11) is 0.